The molecular weight excluding hydrogens is 280 g/mol. The van der Waals surface area contributed by atoms with Crippen LogP contribution in [0, 0.1) is 5.41 Å². The van der Waals surface area contributed by atoms with E-state index in [2.05, 4.69) is 15.6 Å². The second kappa shape index (κ2) is 9.66. The summed E-state index contributed by atoms with van der Waals surface area (Å²) in [6, 6.07) is 0. The van der Waals surface area contributed by atoms with Gasteiger partial charge in [0.1, 0.15) is 0 Å². The van der Waals surface area contributed by atoms with Gasteiger partial charge in [0, 0.05) is 54.4 Å². The standard InChI is InChI=1S/C16H32N4O2/c1-17-15(18-11-7-14(21)20(2)3)19-13-16(10-12-22-4)8-5-6-9-16/h5-13H2,1-4H3,(H2,17,18,19). The predicted octanol–water partition coefficient (Wildman–Crippen LogP) is 1.23. The summed E-state index contributed by atoms with van der Waals surface area (Å²) in [5, 5.41) is 6.64. The first-order valence-electron chi connectivity index (χ1n) is 8.16. The van der Waals surface area contributed by atoms with Gasteiger partial charge in [-0.05, 0) is 24.7 Å². The van der Waals surface area contributed by atoms with Crippen molar-refractivity contribution in [3.8, 4) is 0 Å². The minimum Gasteiger partial charge on any atom is -0.385 e. The van der Waals surface area contributed by atoms with E-state index < -0.39 is 0 Å². The van der Waals surface area contributed by atoms with Crippen molar-refractivity contribution in [2.24, 2.45) is 10.4 Å². The lowest BCUT2D eigenvalue weighted by molar-refractivity contribution is -0.128. The average Bonchev–Trinajstić information content (AvgIpc) is 2.97. The predicted molar refractivity (Wildman–Crippen MR) is 90.1 cm³/mol. The second-order valence-corrected chi connectivity index (χ2v) is 6.34. The number of ether oxygens (including phenoxy) is 1. The molecule has 0 aliphatic heterocycles. The normalized spacial score (nSPS) is 17.4. The van der Waals surface area contributed by atoms with Crippen LogP contribution in [0.3, 0.4) is 0 Å². The first kappa shape index (κ1) is 18.7. The number of carbonyl (C=O) groups excluding carboxylic acids is 1. The molecule has 0 radical (unpaired) electrons. The number of methoxy groups -OCH3 is 1. The Morgan fingerprint density at radius 2 is 1.95 bits per heavy atom. The lowest BCUT2D eigenvalue weighted by Gasteiger charge is -2.30. The van der Waals surface area contributed by atoms with E-state index >= 15 is 0 Å². The van der Waals surface area contributed by atoms with Crippen molar-refractivity contribution in [3.63, 3.8) is 0 Å². The van der Waals surface area contributed by atoms with Gasteiger partial charge in [0.25, 0.3) is 0 Å². The summed E-state index contributed by atoms with van der Waals surface area (Å²) in [5.74, 6) is 0.894. The molecule has 0 heterocycles. The van der Waals surface area contributed by atoms with Crippen molar-refractivity contribution in [2.45, 2.75) is 38.5 Å². The molecule has 1 saturated carbocycles. The molecule has 0 bridgehead atoms. The van der Waals surface area contributed by atoms with Crippen molar-refractivity contribution < 1.29 is 9.53 Å². The highest BCUT2D eigenvalue weighted by Gasteiger charge is 2.33. The number of guanidine groups is 1. The van der Waals surface area contributed by atoms with Gasteiger partial charge in [-0.2, -0.15) is 0 Å². The molecule has 0 atom stereocenters. The lowest BCUT2D eigenvalue weighted by atomic mass is 9.83. The molecule has 128 valence electrons. The van der Waals surface area contributed by atoms with E-state index in [0.29, 0.717) is 18.4 Å². The largest absolute Gasteiger partial charge is 0.385 e. The van der Waals surface area contributed by atoms with Crippen molar-refractivity contribution in [1.82, 2.24) is 15.5 Å². The second-order valence-electron chi connectivity index (χ2n) is 6.34. The van der Waals surface area contributed by atoms with Crippen LogP contribution in [0.5, 0.6) is 0 Å². The highest BCUT2D eigenvalue weighted by atomic mass is 16.5. The maximum Gasteiger partial charge on any atom is 0.223 e. The Labute approximate surface area is 134 Å². The third kappa shape index (κ3) is 6.22. The number of hydrogen-bond donors (Lipinski definition) is 2. The molecular formula is C16H32N4O2. The van der Waals surface area contributed by atoms with Crippen molar-refractivity contribution >= 4 is 11.9 Å². The van der Waals surface area contributed by atoms with Crippen molar-refractivity contribution in [1.29, 1.82) is 0 Å². The van der Waals surface area contributed by atoms with Gasteiger partial charge in [-0.3, -0.25) is 9.79 Å². The molecule has 0 aromatic carbocycles. The fourth-order valence-corrected chi connectivity index (χ4v) is 2.96. The molecule has 1 fully saturated rings. The zero-order valence-electron chi connectivity index (χ0n) is 14.6. The van der Waals surface area contributed by atoms with Crippen LogP contribution < -0.4 is 10.6 Å². The van der Waals surface area contributed by atoms with Gasteiger partial charge in [-0.15, -0.1) is 0 Å². The summed E-state index contributed by atoms with van der Waals surface area (Å²) in [6.45, 7) is 2.32. The zero-order chi connectivity index (χ0) is 16.4. The van der Waals surface area contributed by atoms with Gasteiger partial charge >= 0.3 is 0 Å². The summed E-state index contributed by atoms with van der Waals surface area (Å²) >= 11 is 0. The van der Waals surface area contributed by atoms with Crippen LogP contribution >= 0.6 is 0 Å². The van der Waals surface area contributed by atoms with Crippen LogP contribution in [0.2, 0.25) is 0 Å². The zero-order valence-corrected chi connectivity index (χ0v) is 14.6. The molecule has 1 aliphatic rings. The van der Waals surface area contributed by atoms with E-state index in [1.54, 1.807) is 33.2 Å². The van der Waals surface area contributed by atoms with Gasteiger partial charge in [0.15, 0.2) is 5.96 Å². The fraction of sp³-hybridized carbons (Fsp3) is 0.875. The van der Waals surface area contributed by atoms with E-state index in [4.69, 9.17) is 4.74 Å². The Morgan fingerprint density at radius 3 is 2.50 bits per heavy atom. The maximum absolute atomic E-state index is 11.6. The number of amides is 1. The van der Waals surface area contributed by atoms with E-state index in [0.717, 1.165) is 25.5 Å². The number of nitrogens with one attached hydrogen (secondary N) is 2. The lowest BCUT2D eigenvalue weighted by Crippen LogP contribution is -2.44. The number of nitrogens with zero attached hydrogens (tertiary/aromatic N) is 2. The van der Waals surface area contributed by atoms with E-state index in [9.17, 15) is 4.79 Å². The van der Waals surface area contributed by atoms with Gasteiger partial charge in [-0.1, -0.05) is 12.8 Å². The third-order valence-corrected chi connectivity index (χ3v) is 4.49. The molecule has 1 amide bonds. The van der Waals surface area contributed by atoms with Crippen LogP contribution in [-0.4, -0.2) is 64.7 Å². The monoisotopic (exact) mass is 312 g/mol. The fourth-order valence-electron chi connectivity index (χ4n) is 2.96. The van der Waals surface area contributed by atoms with Crippen LogP contribution in [0.1, 0.15) is 38.5 Å². The molecule has 2 N–H and O–H groups in total. The molecule has 0 aromatic heterocycles. The maximum atomic E-state index is 11.6. The minimum absolute atomic E-state index is 0.121. The van der Waals surface area contributed by atoms with Crippen LogP contribution in [0.15, 0.2) is 4.99 Å². The molecule has 22 heavy (non-hydrogen) atoms. The molecule has 6 heteroatoms. The average molecular weight is 312 g/mol. The Hall–Kier alpha value is -1.30. The number of carbonyl (C=O) groups is 1. The summed E-state index contributed by atoms with van der Waals surface area (Å²) in [6.07, 6.45) is 6.66. The summed E-state index contributed by atoms with van der Waals surface area (Å²) in [4.78, 5) is 17.4. The van der Waals surface area contributed by atoms with Gasteiger partial charge < -0.3 is 20.3 Å². The van der Waals surface area contributed by atoms with Gasteiger partial charge in [-0.25, -0.2) is 0 Å². The van der Waals surface area contributed by atoms with Gasteiger partial charge in [0.05, 0.1) is 0 Å². The Morgan fingerprint density at radius 1 is 1.27 bits per heavy atom. The summed E-state index contributed by atoms with van der Waals surface area (Å²) in [7, 11) is 7.07. The first-order valence-corrected chi connectivity index (χ1v) is 8.16. The summed E-state index contributed by atoms with van der Waals surface area (Å²) < 4.78 is 5.26. The highest BCUT2D eigenvalue weighted by molar-refractivity contribution is 5.81. The van der Waals surface area contributed by atoms with E-state index in [1.807, 2.05) is 0 Å². The molecule has 6 nitrogen and oxygen atoms in total. The molecule has 0 unspecified atom stereocenters. The van der Waals surface area contributed by atoms with Crippen molar-refractivity contribution in [3.05, 3.63) is 0 Å². The Balaban J connectivity index is 2.37. The van der Waals surface area contributed by atoms with E-state index in [-0.39, 0.29) is 5.91 Å². The van der Waals surface area contributed by atoms with Crippen LogP contribution in [0.4, 0.5) is 0 Å². The molecule has 0 saturated heterocycles. The SMILES string of the molecule is CN=C(NCCC(=O)N(C)C)NCC1(CCOC)CCCC1. The number of aliphatic imine (C=N–C) groups is 1. The molecule has 1 rings (SSSR count). The summed E-state index contributed by atoms with van der Waals surface area (Å²) in [5.41, 5.74) is 0.326. The minimum atomic E-state index is 0.121. The Kier molecular flexibility index (Phi) is 8.24. The third-order valence-electron chi connectivity index (χ3n) is 4.49. The molecule has 1 aliphatic carbocycles. The number of hydrogen-bond acceptors (Lipinski definition) is 3. The van der Waals surface area contributed by atoms with Crippen molar-refractivity contribution in [2.75, 3.05) is 47.9 Å². The molecule has 0 aromatic rings. The quantitative estimate of drug-likeness (QED) is 0.522. The molecule has 0 spiro atoms. The smallest absolute Gasteiger partial charge is 0.223 e. The first-order chi connectivity index (χ1) is 10.5. The van der Waals surface area contributed by atoms with E-state index in [1.165, 1.54) is 25.7 Å². The Bertz CT molecular complexity index is 363. The highest BCUT2D eigenvalue weighted by Crippen LogP contribution is 2.40. The van der Waals surface area contributed by atoms with Gasteiger partial charge in [0.2, 0.25) is 5.91 Å². The number of rotatable bonds is 8. The topological polar surface area (TPSA) is 66.0 Å². The van der Waals surface area contributed by atoms with Crippen LogP contribution in [-0.2, 0) is 9.53 Å². The van der Waals surface area contributed by atoms with Crippen LogP contribution in [0.25, 0.3) is 0 Å².